The first-order chi connectivity index (χ1) is 7.70. The van der Waals surface area contributed by atoms with Gasteiger partial charge in [0, 0.05) is 17.3 Å². The van der Waals surface area contributed by atoms with Gasteiger partial charge in [0.25, 0.3) is 0 Å². The van der Waals surface area contributed by atoms with Crippen LogP contribution in [0.2, 0.25) is 0 Å². The third-order valence-corrected chi connectivity index (χ3v) is 3.82. The van der Waals surface area contributed by atoms with E-state index in [1.807, 2.05) is 0 Å². The van der Waals surface area contributed by atoms with Gasteiger partial charge < -0.3 is 5.32 Å². The molecule has 0 aliphatic heterocycles. The molecular formula is C13H23N3. The maximum atomic E-state index is 4.36. The Balaban J connectivity index is 1.96. The fraction of sp³-hybridized carbons (Fsp3) is 0.769. The smallest absolute Gasteiger partial charge is 0.151 e. The largest absolute Gasteiger partial charge is 0.366 e. The number of nitrogens with zero attached hydrogens (tertiary/aromatic N) is 1. The lowest BCUT2D eigenvalue weighted by Gasteiger charge is -2.27. The number of aromatic amines is 1. The normalized spacial score (nSPS) is 25.7. The Kier molecular flexibility index (Phi) is 3.52. The van der Waals surface area contributed by atoms with E-state index in [0.717, 1.165) is 18.2 Å². The highest BCUT2D eigenvalue weighted by Crippen LogP contribution is 2.26. The summed E-state index contributed by atoms with van der Waals surface area (Å²) >= 11 is 0. The molecule has 1 aliphatic rings. The fourth-order valence-electron chi connectivity index (χ4n) is 2.52. The van der Waals surface area contributed by atoms with Crippen LogP contribution in [0, 0.1) is 12.8 Å². The summed E-state index contributed by atoms with van der Waals surface area (Å²) in [6.45, 7) is 6.66. The molecule has 90 valence electrons. The molecule has 0 spiro atoms. The Morgan fingerprint density at radius 2 is 2.00 bits per heavy atom. The van der Waals surface area contributed by atoms with Crippen molar-refractivity contribution < 1.29 is 0 Å². The first kappa shape index (κ1) is 11.5. The summed E-state index contributed by atoms with van der Waals surface area (Å²) in [5.41, 5.74) is 2.55. The van der Waals surface area contributed by atoms with Crippen LogP contribution in [0.3, 0.4) is 0 Å². The predicted molar refractivity (Wildman–Crippen MR) is 67.7 cm³/mol. The first-order valence-corrected chi connectivity index (χ1v) is 6.51. The van der Waals surface area contributed by atoms with Crippen molar-refractivity contribution in [1.29, 1.82) is 0 Å². The van der Waals surface area contributed by atoms with Gasteiger partial charge in [-0.25, -0.2) is 0 Å². The highest BCUT2D eigenvalue weighted by Gasteiger charge is 2.19. The molecule has 0 aromatic carbocycles. The van der Waals surface area contributed by atoms with Gasteiger partial charge in [-0.2, -0.15) is 5.10 Å². The van der Waals surface area contributed by atoms with Crippen LogP contribution in [0.4, 0.5) is 5.82 Å². The van der Waals surface area contributed by atoms with Crippen LogP contribution < -0.4 is 5.32 Å². The van der Waals surface area contributed by atoms with Gasteiger partial charge in [0.2, 0.25) is 0 Å². The predicted octanol–water partition coefficient (Wildman–Crippen LogP) is 3.27. The summed E-state index contributed by atoms with van der Waals surface area (Å²) < 4.78 is 0. The lowest BCUT2D eigenvalue weighted by molar-refractivity contribution is 0.360. The minimum absolute atomic E-state index is 0.628. The Bertz CT molecular complexity index is 335. The lowest BCUT2D eigenvalue weighted by Crippen LogP contribution is -2.25. The first-order valence-electron chi connectivity index (χ1n) is 6.51. The number of H-pyrrole nitrogens is 1. The van der Waals surface area contributed by atoms with Gasteiger partial charge in [-0.3, -0.25) is 5.10 Å². The van der Waals surface area contributed by atoms with Gasteiger partial charge in [-0.05, 0) is 44.9 Å². The molecule has 3 nitrogen and oxygen atoms in total. The van der Waals surface area contributed by atoms with E-state index < -0.39 is 0 Å². The van der Waals surface area contributed by atoms with E-state index in [4.69, 9.17) is 0 Å². The summed E-state index contributed by atoms with van der Waals surface area (Å²) in [7, 11) is 0. The van der Waals surface area contributed by atoms with E-state index in [1.165, 1.54) is 36.9 Å². The molecule has 1 aromatic rings. The van der Waals surface area contributed by atoms with E-state index in [9.17, 15) is 0 Å². The van der Waals surface area contributed by atoms with Crippen LogP contribution in [0.15, 0.2) is 0 Å². The van der Waals surface area contributed by atoms with Gasteiger partial charge in [0.05, 0.1) is 0 Å². The Hall–Kier alpha value is -0.990. The molecule has 0 amide bonds. The molecule has 1 saturated carbocycles. The fourth-order valence-corrected chi connectivity index (χ4v) is 2.52. The Morgan fingerprint density at radius 1 is 1.31 bits per heavy atom. The van der Waals surface area contributed by atoms with E-state index in [1.54, 1.807) is 0 Å². The van der Waals surface area contributed by atoms with E-state index in [-0.39, 0.29) is 0 Å². The zero-order chi connectivity index (χ0) is 11.5. The van der Waals surface area contributed by atoms with Crippen molar-refractivity contribution in [3.05, 3.63) is 11.3 Å². The maximum Gasteiger partial charge on any atom is 0.151 e. The molecule has 16 heavy (non-hydrogen) atoms. The molecule has 2 N–H and O–H groups in total. The van der Waals surface area contributed by atoms with Gasteiger partial charge in [0.15, 0.2) is 5.82 Å². The van der Waals surface area contributed by atoms with E-state index in [2.05, 4.69) is 36.3 Å². The van der Waals surface area contributed by atoms with Gasteiger partial charge in [-0.1, -0.05) is 13.8 Å². The summed E-state index contributed by atoms with van der Waals surface area (Å²) in [4.78, 5) is 0. The molecule has 0 bridgehead atoms. The topological polar surface area (TPSA) is 40.7 Å². The SMILES string of the molecule is CCc1[nH]nc(NC2CCC(C)CC2)c1C. The van der Waals surface area contributed by atoms with Crippen LogP contribution in [-0.2, 0) is 6.42 Å². The molecule has 1 aliphatic carbocycles. The molecule has 1 heterocycles. The second-order valence-corrected chi connectivity index (χ2v) is 5.13. The van der Waals surface area contributed by atoms with Crippen molar-refractivity contribution in [2.75, 3.05) is 5.32 Å². The van der Waals surface area contributed by atoms with Crippen LogP contribution in [0.5, 0.6) is 0 Å². The molecule has 0 saturated heterocycles. The molecule has 0 unspecified atom stereocenters. The molecule has 0 radical (unpaired) electrons. The Morgan fingerprint density at radius 3 is 2.56 bits per heavy atom. The van der Waals surface area contributed by atoms with Crippen LogP contribution in [0.25, 0.3) is 0 Å². The highest BCUT2D eigenvalue weighted by molar-refractivity contribution is 5.46. The van der Waals surface area contributed by atoms with Crippen molar-refractivity contribution >= 4 is 5.82 Å². The highest BCUT2D eigenvalue weighted by atomic mass is 15.2. The average Bonchev–Trinajstić information content (AvgIpc) is 2.63. The molecule has 1 fully saturated rings. The third kappa shape index (κ3) is 2.39. The van der Waals surface area contributed by atoms with Crippen molar-refractivity contribution in [2.24, 2.45) is 5.92 Å². The van der Waals surface area contributed by atoms with E-state index in [0.29, 0.717) is 6.04 Å². The minimum Gasteiger partial charge on any atom is -0.366 e. The standard InChI is InChI=1S/C13H23N3/c1-4-12-10(3)13(16-15-12)14-11-7-5-9(2)6-8-11/h9,11H,4-8H2,1-3H3,(H2,14,15,16). The van der Waals surface area contributed by atoms with Gasteiger partial charge in [0.1, 0.15) is 0 Å². The molecule has 0 atom stereocenters. The van der Waals surface area contributed by atoms with Gasteiger partial charge in [-0.15, -0.1) is 0 Å². The monoisotopic (exact) mass is 221 g/mol. The summed E-state index contributed by atoms with van der Waals surface area (Å²) in [6, 6.07) is 0.628. The zero-order valence-corrected chi connectivity index (χ0v) is 10.6. The maximum absolute atomic E-state index is 4.36. The van der Waals surface area contributed by atoms with Crippen LogP contribution in [0.1, 0.15) is 50.8 Å². The minimum atomic E-state index is 0.628. The zero-order valence-electron chi connectivity index (χ0n) is 10.6. The second-order valence-electron chi connectivity index (χ2n) is 5.13. The van der Waals surface area contributed by atoms with Crippen molar-refractivity contribution in [2.45, 2.75) is 58.9 Å². The van der Waals surface area contributed by atoms with Crippen molar-refractivity contribution in [1.82, 2.24) is 10.2 Å². The number of aryl methyl sites for hydroxylation is 1. The molecular weight excluding hydrogens is 198 g/mol. The summed E-state index contributed by atoms with van der Waals surface area (Å²) in [5, 5.41) is 11.1. The Labute approximate surface area is 98.0 Å². The molecule has 3 heteroatoms. The van der Waals surface area contributed by atoms with E-state index >= 15 is 0 Å². The van der Waals surface area contributed by atoms with Crippen LogP contribution >= 0.6 is 0 Å². The number of nitrogens with one attached hydrogen (secondary N) is 2. The molecule has 2 rings (SSSR count). The quantitative estimate of drug-likeness (QED) is 0.822. The number of anilines is 1. The van der Waals surface area contributed by atoms with Crippen molar-refractivity contribution in [3.8, 4) is 0 Å². The number of hydrogen-bond acceptors (Lipinski definition) is 2. The summed E-state index contributed by atoms with van der Waals surface area (Å²) in [6.07, 6.45) is 6.30. The summed E-state index contributed by atoms with van der Waals surface area (Å²) in [5.74, 6) is 1.97. The second kappa shape index (κ2) is 4.89. The lowest BCUT2D eigenvalue weighted by atomic mass is 9.87. The van der Waals surface area contributed by atoms with Gasteiger partial charge >= 0.3 is 0 Å². The van der Waals surface area contributed by atoms with Crippen molar-refractivity contribution in [3.63, 3.8) is 0 Å². The number of rotatable bonds is 3. The average molecular weight is 221 g/mol. The third-order valence-electron chi connectivity index (χ3n) is 3.82. The van der Waals surface area contributed by atoms with Crippen LogP contribution in [-0.4, -0.2) is 16.2 Å². The molecule has 1 aromatic heterocycles. The number of hydrogen-bond donors (Lipinski definition) is 2. The number of aromatic nitrogens is 2.